The van der Waals surface area contributed by atoms with E-state index in [-0.39, 0.29) is 17.8 Å². The quantitative estimate of drug-likeness (QED) is 0.686. The summed E-state index contributed by atoms with van der Waals surface area (Å²) in [6.07, 6.45) is 0.769. The van der Waals surface area contributed by atoms with Crippen LogP contribution in [0.2, 0.25) is 0 Å². The second kappa shape index (κ2) is 7.31. The van der Waals surface area contributed by atoms with Crippen LogP contribution in [-0.2, 0) is 4.79 Å². The Hall–Kier alpha value is -3.52. The number of nitrogens with zero attached hydrogens (tertiary/aromatic N) is 5. The van der Waals surface area contributed by atoms with E-state index in [1.165, 1.54) is 11.3 Å². The van der Waals surface area contributed by atoms with E-state index in [0.29, 0.717) is 20.9 Å². The fourth-order valence-electron chi connectivity index (χ4n) is 3.84. The fourth-order valence-corrected chi connectivity index (χ4v) is 4.90. The van der Waals surface area contributed by atoms with Crippen molar-refractivity contribution in [3.05, 3.63) is 69.5 Å². The Morgan fingerprint density at radius 3 is 2.61 bits per heavy atom. The molecule has 3 aromatic rings. The van der Waals surface area contributed by atoms with Crippen molar-refractivity contribution in [3.63, 3.8) is 0 Å². The number of para-hydroxylation sites is 1. The van der Waals surface area contributed by atoms with E-state index in [9.17, 15) is 9.90 Å². The Morgan fingerprint density at radius 1 is 1.13 bits per heavy atom. The first kappa shape index (κ1) is 19.4. The predicted molar refractivity (Wildman–Crippen MR) is 122 cm³/mol. The van der Waals surface area contributed by atoms with Gasteiger partial charge < -0.3 is 10.0 Å². The molecule has 7 nitrogen and oxygen atoms in total. The first-order valence-electron chi connectivity index (χ1n) is 9.99. The SMILES string of the molecule is CC1CC(c2ccc(N(C)C)cc2)=NN1c1nc(O)c(C2=c3ccccc3=NC2=O)s1. The number of rotatable bonds is 4. The number of carbonyl (C=O) groups excluding carboxylic acids is 1. The number of amides is 1. The smallest absolute Gasteiger partial charge is 0.279 e. The van der Waals surface area contributed by atoms with Gasteiger partial charge in [-0.25, -0.2) is 10.0 Å². The van der Waals surface area contributed by atoms with E-state index in [4.69, 9.17) is 5.10 Å². The highest BCUT2D eigenvalue weighted by molar-refractivity contribution is 7.17. The Balaban J connectivity index is 1.51. The molecule has 1 unspecified atom stereocenters. The lowest BCUT2D eigenvalue weighted by atomic mass is 10.0. The summed E-state index contributed by atoms with van der Waals surface area (Å²) in [5.41, 5.74) is 3.56. The highest BCUT2D eigenvalue weighted by Crippen LogP contribution is 2.38. The molecule has 1 amide bonds. The molecular formula is C23H21N5O2S. The van der Waals surface area contributed by atoms with Crippen LogP contribution in [-0.4, -0.2) is 41.8 Å². The Bertz CT molecular complexity index is 1340. The zero-order chi connectivity index (χ0) is 21.7. The van der Waals surface area contributed by atoms with Gasteiger partial charge in [0.2, 0.25) is 11.0 Å². The van der Waals surface area contributed by atoms with Gasteiger partial charge in [0.1, 0.15) is 4.88 Å². The number of aromatic nitrogens is 1. The van der Waals surface area contributed by atoms with Gasteiger partial charge in [0, 0.05) is 31.4 Å². The summed E-state index contributed by atoms with van der Waals surface area (Å²) in [7, 11) is 4.02. The van der Waals surface area contributed by atoms with Crippen molar-refractivity contribution in [2.75, 3.05) is 24.0 Å². The van der Waals surface area contributed by atoms with Crippen LogP contribution in [0.1, 0.15) is 23.8 Å². The number of aromatic hydroxyl groups is 1. The summed E-state index contributed by atoms with van der Waals surface area (Å²) in [5.74, 6) is -0.521. The molecule has 1 atom stereocenters. The zero-order valence-corrected chi connectivity index (χ0v) is 18.2. The highest BCUT2D eigenvalue weighted by Gasteiger charge is 2.31. The van der Waals surface area contributed by atoms with Crippen LogP contribution in [0.15, 0.2) is 58.6 Å². The van der Waals surface area contributed by atoms with Gasteiger partial charge in [-0.2, -0.15) is 10.1 Å². The number of hydrogen-bond donors (Lipinski definition) is 1. The van der Waals surface area contributed by atoms with Gasteiger partial charge in [0.05, 0.1) is 22.7 Å². The molecule has 5 rings (SSSR count). The van der Waals surface area contributed by atoms with Crippen LogP contribution in [0.5, 0.6) is 5.88 Å². The van der Waals surface area contributed by atoms with Gasteiger partial charge in [0.25, 0.3) is 5.91 Å². The minimum absolute atomic E-state index is 0.0863. The van der Waals surface area contributed by atoms with E-state index >= 15 is 0 Å². The molecule has 0 radical (unpaired) electrons. The van der Waals surface area contributed by atoms with Crippen LogP contribution >= 0.6 is 11.3 Å². The number of thiazole rings is 1. The summed E-state index contributed by atoms with van der Waals surface area (Å²) >= 11 is 1.26. The van der Waals surface area contributed by atoms with E-state index in [1.54, 1.807) is 6.07 Å². The summed E-state index contributed by atoms with van der Waals surface area (Å²) in [6.45, 7) is 2.07. The molecule has 1 aromatic heterocycles. The maximum absolute atomic E-state index is 12.5. The minimum Gasteiger partial charge on any atom is -0.492 e. The Morgan fingerprint density at radius 2 is 1.87 bits per heavy atom. The zero-order valence-electron chi connectivity index (χ0n) is 17.4. The average molecular weight is 432 g/mol. The number of fused-ring (bicyclic) bond motifs is 1. The molecule has 8 heteroatoms. The predicted octanol–water partition coefficient (Wildman–Crippen LogP) is 2.28. The van der Waals surface area contributed by atoms with Crippen molar-refractivity contribution in [1.29, 1.82) is 0 Å². The molecule has 156 valence electrons. The van der Waals surface area contributed by atoms with Gasteiger partial charge >= 0.3 is 0 Å². The van der Waals surface area contributed by atoms with Crippen LogP contribution in [0.4, 0.5) is 10.8 Å². The van der Waals surface area contributed by atoms with Crippen molar-refractivity contribution in [2.24, 2.45) is 10.1 Å². The van der Waals surface area contributed by atoms with Gasteiger partial charge in [-0.05, 0) is 30.7 Å². The van der Waals surface area contributed by atoms with Crippen LogP contribution in [0, 0.1) is 0 Å². The third-order valence-electron chi connectivity index (χ3n) is 5.48. The molecule has 2 aromatic carbocycles. The normalized spacial score (nSPS) is 17.6. The number of carbonyl (C=O) groups is 1. The molecule has 2 aliphatic rings. The molecule has 0 saturated heterocycles. The maximum Gasteiger partial charge on any atom is 0.279 e. The van der Waals surface area contributed by atoms with Gasteiger partial charge in [-0.1, -0.05) is 41.7 Å². The molecule has 0 bridgehead atoms. The second-order valence-corrected chi connectivity index (χ2v) is 8.82. The Labute approximate surface area is 183 Å². The maximum atomic E-state index is 12.5. The van der Waals surface area contributed by atoms with Crippen LogP contribution in [0.25, 0.3) is 5.57 Å². The largest absolute Gasteiger partial charge is 0.492 e. The van der Waals surface area contributed by atoms with Crippen molar-refractivity contribution in [2.45, 2.75) is 19.4 Å². The number of anilines is 2. The molecule has 0 saturated carbocycles. The van der Waals surface area contributed by atoms with Gasteiger partial charge in [0.15, 0.2) is 0 Å². The average Bonchev–Trinajstić information content (AvgIpc) is 3.42. The van der Waals surface area contributed by atoms with Crippen molar-refractivity contribution in [3.8, 4) is 5.88 Å². The second-order valence-electron chi connectivity index (χ2n) is 7.84. The first-order valence-corrected chi connectivity index (χ1v) is 10.8. The molecular weight excluding hydrogens is 410 g/mol. The summed E-state index contributed by atoms with van der Waals surface area (Å²) in [4.78, 5) is 23.4. The lowest BCUT2D eigenvalue weighted by molar-refractivity contribution is -0.112. The summed E-state index contributed by atoms with van der Waals surface area (Å²) in [6, 6.07) is 15.7. The summed E-state index contributed by atoms with van der Waals surface area (Å²) in [5, 5.41) is 19.1. The van der Waals surface area contributed by atoms with E-state index < -0.39 is 0 Å². The molecule has 1 N–H and O–H groups in total. The van der Waals surface area contributed by atoms with Crippen molar-refractivity contribution >= 4 is 39.3 Å². The van der Waals surface area contributed by atoms with Gasteiger partial charge in [-0.3, -0.25) is 4.79 Å². The third-order valence-corrected chi connectivity index (χ3v) is 6.53. The number of hydrogen-bond acceptors (Lipinski definition) is 7. The molecule has 0 fully saturated rings. The highest BCUT2D eigenvalue weighted by atomic mass is 32.1. The molecule has 0 spiro atoms. The van der Waals surface area contributed by atoms with Crippen molar-refractivity contribution < 1.29 is 9.90 Å². The van der Waals surface area contributed by atoms with E-state index in [2.05, 4.69) is 46.1 Å². The standard InChI is InChI=1S/C23H21N5O2S/c1-13-12-18(14-8-10-15(11-9-14)27(2)3)26-28(13)23-25-22(30)20(31-23)19-16-6-4-5-7-17(16)24-21(19)29/h4-11,13,30H,12H2,1-3H3. The molecule has 0 aliphatic carbocycles. The topological polar surface area (TPSA) is 81.4 Å². The van der Waals surface area contributed by atoms with Gasteiger partial charge in [-0.15, -0.1) is 0 Å². The fraction of sp³-hybridized carbons (Fsp3) is 0.217. The first-order chi connectivity index (χ1) is 14.9. The molecule has 31 heavy (non-hydrogen) atoms. The third kappa shape index (κ3) is 3.29. The molecule has 2 aliphatic heterocycles. The van der Waals surface area contributed by atoms with Crippen LogP contribution < -0.4 is 20.5 Å². The monoisotopic (exact) mass is 431 g/mol. The number of hydrazone groups is 1. The minimum atomic E-state index is -0.355. The summed E-state index contributed by atoms with van der Waals surface area (Å²) < 4.78 is 0. The lowest BCUT2D eigenvalue weighted by Gasteiger charge is -2.15. The molecule has 3 heterocycles. The van der Waals surface area contributed by atoms with E-state index in [1.807, 2.05) is 37.3 Å². The Kier molecular flexibility index (Phi) is 4.59. The number of benzene rings is 2. The van der Waals surface area contributed by atoms with Crippen LogP contribution in [0.3, 0.4) is 0 Å². The van der Waals surface area contributed by atoms with E-state index in [0.717, 1.165) is 28.6 Å². The van der Waals surface area contributed by atoms with Crippen molar-refractivity contribution in [1.82, 2.24) is 4.98 Å². The lowest BCUT2D eigenvalue weighted by Crippen LogP contribution is -2.22.